The zero-order chi connectivity index (χ0) is 13.8. The van der Waals surface area contributed by atoms with Crippen molar-refractivity contribution in [2.45, 2.75) is 33.7 Å². The lowest BCUT2D eigenvalue weighted by Crippen LogP contribution is -2.14. The van der Waals surface area contributed by atoms with Crippen molar-refractivity contribution in [3.63, 3.8) is 0 Å². The SMILES string of the molecule is CCc1c(NN)ncnc1NCc1c(C)noc1C. The van der Waals surface area contributed by atoms with Gasteiger partial charge in [0.15, 0.2) is 0 Å². The molecule has 0 aliphatic heterocycles. The summed E-state index contributed by atoms with van der Waals surface area (Å²) < 4.78 is 5.13. The molecule has 19 heavy (non-hydrogen) atoms. The molecule has 0 saturated carbocycles. The molecular weight excluding hydrogens is 244 g/mol. The summed E-state index contributed by atoms with van der Waals surface area (Å²) in [7, 11) is 0. The highest BCUT2D eigenvalue weighted by atomic mass is 16.5. The summed E-state index contributed by atoms with van der Waals surface area (Å²) in [5.41, 5.74) is 5.46. The van der Waals surface area contributed by atoms with Crippen LogP contribution in [0.1, 0.15) is 29.5 Å². The van der Waals surface area contributed by atoms with Gasteiger partial charge in [0.05, 0.1) is 5.69 Å². The Hall–Kier alpha value is -2.15. The van der Waals surface area contributed by atoms with Gasteiger partial charge in [-0.3, -0.25) is 0 Å². The molecule has 0 amide bonds. The number of hydrogen-bond donors (Lipinski definition) is 3. The van der Waals surface area contributed by atoms with Crippen LogP contribution in [0.3, 0.4) is 0 Å². The highest BCUT2D eigenvalue weighted by Crippen LogP contribution is 2.21. The first-order chi connectivity index (χ1) is 9.17. The molecule has 4 N–H and O–H groups in total. The minimum atomic E-state index is 0.606. The first kappa shape index (κ1) is 13.3. The fraction of sp³-hybridized carbons (Fsp3) is 0.417. The number of nitrogens with two attached hydrogens (primary N) is 1. The zero-order valence-corrected chi connectivity index (χ0v) is 11.3. The Bertz CT molecular complexity index is 546. The van der Waals surface area contributed by atoms with E-state index in [0.29, 0.717) is 12.4 Å². The summed E-state index contributed by atoms with van der Waals surface area (Å²) in [6.07, 6.45) is 2.26. The Balaban J connectivity index is 2.20. The van der Waals surface area contributed by atoms with E-state index in [-0.39, 0.29) is 0 Å². The molecule has 2 rings (SSSR count). The van der Waals surface area contributed by atoms with Gasteiger partial charge in [0, 0.05) is 17.7 Å². The van der Waals surface area contributed by atoms with Crippen molar-refractivity contribution in [3.8, 4) is 0 Å². The largest absolute Gasteiger partial charge is 0.365 e. The predicted octanol–water partition coefficient (Wildman–Crippen LogP) is 1.54. The van der Waals surface area contributed by atoms with Gasteiger partial charge >= 0.3 is 0 Å². The fourth-order valence-electron chi connectivity index (χ4n) is 1.95. The monoisotopic (exact) mass is 262 g/mol. The van der Waals surface area contributed by atoms with E-state index in [9.17, 15) is 0 Å². The second-order valence-corrected chi connectivity index (χ2v) is 4.20. The Morgan fingerprint density at radius 3 is 2.53 bits per heavy atom. The Morgan fingerprint density at radius 2 is 1.95 bits per heavy atom. The maximum Gasteiger partial charge on any atom is 0.148 e. The van der Waals surface area contributed by atoms with Crippen LogP contribution in [0.5, 0.6) is 0 Å². The number of aromatic nitrogens is 3. The lowest BCUT2D eigenvalue weighted by Gasteiger charge is -2.12. The predicted molar refractivity (Wildman–Crippen MR) is 72.5 cm³/mol. The summed E-state index contributed by atoms with van der Waals surface area (Å²) in [6, 6.07) is 0. The number of nitrogens with one attached hydrogen (secondary N) is 2. The maximum absolute atomic E-state index is 5.44. The molecule has 0 aromatic carbocycles. The van der Waals surface area contributed by atoms with Crippen molar-refractivity contribution in [2.24, 2.45) is 5.84 Å². The van der Waals surface area contributed by atoms with Crippen molar-refractivity contribution >= 4 is 11.6 Å². The zero-order valence-electron chi connectivity index (χ0n) is 11.3. The van der Waals surface area contributed by atoms with E-state index in [4.69, 9.17) is 10.4 Å². The van der Waals surface area contributed by atoms with Crippen molar-refractivity contribution in [3.05, 3.63) is 28.9 Å². The van der Waals surface area contributed by atoms with Crippen LogP contribution in [-0.2, 0) is 13.0 Å². The third-order valence-corrected chi connectivity index (χ3v) is 3.05. The molecule has 2 aromatic heterocycles. The van der Waals surface area contributed by atoms with E-state index in [1.807, 2.05) is 20.8 Å². The Kier molecular flexibility index (Phi) is 3.96. The smallest absolute Gasteiger partial charge is 0.148 e. The number of rotatable bonds is 5. The van der Waals surface area contributed by atoms with E-state index in [1.54, 1.807) is 0 Å². The van der Waals surface area contributed by atoms with Crippen LogP contribution in [0.4, 0.5) is 11.6 Å². The first-order valence-electron chi connectivity index (χ1n) is 6.13. The molecule has 0 fully saturated rings. The third kappa shape index (κ3) is 2.65. The van der Waals surface area contributed by atoms with Gasteiger partial charge in [-0.2, -0.15) is 0 Å². The summed E-state index contributed by atoms with van der Waals surface area (Å²) >= 11 is 0. The number of nitrogens with zero attached hydrogens (tertiary/aromatic N) is 3. The highest BCUT2D eigenvalue weighted by molar-refractivity contribution is 5.57. The molecule has 0 radical (unpaired) electrons. The normalized spacial score (nSPS) is 10.5. The van der Waals surface area contributed by atoms with Gasteiger partial charge in [-0.25, -0.2) is 15.8 Å². The number of anilines is 2. The number of hydrogen-bond acceptors (Lipinski definition) is 7. The van der Waals surface area contributed by atoms with Crippen molar-refractivity contribution in [2.75, 3.05) is 10.7 Å². The lowest BCUT2D eigenvalue weighted by atomic mass is 10.2. The van der Waals surface area contributed by atoms with Gasteiger partial charge in [0.2, 0.25) is 0 Å². The lowest BCUT2D eigenvalue weighted by molar-refractivity contribution is 0.392. The summed E-state index contributed by atoms with van der Waals surface area (Å²) in [5, 5.41) is 7.20. The Labute approximate surface area is 111 Å². The summed E-state index contributed by atoms with van der Waals surface area (Å²) in [4.78, 5) is 8.34. The number of nitrogen functional groups attached to an aromatic ring is 1. The molecule has 2 aromatic rings. The fourth-order valence-corrected chi connectivity index (χ4v) is 1.95. The van der Waals surface area contributed by atoms with Gasteiger partial charge in [0.1, 0.15) is 23.7 Å². The van der Waals surface area contributed by atoms with Gasteiger partial charge < -0.3 is 15.3 Å². The minimum Gasteiger partial charge on any atom is -0.365 e. The van der Waals surface area contributed by atoms with E-state index in [2.05, 4.69) is 25.9 Å². The molecule has 0 unspecified atom stereocenters. The molecule has 0 bridgehead atoms. The van der Waals surface area contributed by atoms with Crippen LogP contribution >= 0.6 is 0 Å². The van der Waals surface area contributed by atoms with Gasteiger partial charge in [-0.1, -0.05) is 12.1 Å². The summed E-state index contributed by atoms with van der Waals surface area (Å²) in [5.74, 6) is 7.66. The highest BCUT2D eigenvalue weighted by Gasteiger charge is 2.12. The average Bonchev–Trinajstić information content (AvgIpc) is 2.75. The van der Waals surface area contributed by atoms with Crippen LogP contribution in [0.25, 0.3) is 0 Å². The van der Waals surface area contributed by atoms with E-state index >= 15 is 0 Å². The maximum atomic E-state index is 5.44. The van der Waals surface area contributed by atoms with Crippen LogP contribution in [0.2, 0.25) is 0 Å². The second-order valence-electron chi connectivity index (χ2n) is 4.20. The van der Waals surface area contributed by atoms with Crippen LogP contribution in [0, 0.1) is 13.8 Å². The van der Waals surface area contributed by atoms with E-state index < -0.39 is 0 Å². The molecule has 0 aliphatic rings. The van der Waals surface area contributed by atoms with Gasteiger partial charge in [-0.05, 0) is 20.3 Å². The molecular formula is C12H18N6O. The minimum absolute atomic E-state index is 0.606. The number of hydrazine groups is 1. The molecule has 2 heterocycles. The molecule has 7 heteroatoms. The molecule has 7 nitrogen and oxygen atoms in total. The Morgan fingerprint density at radius 1 is 1.21 bits per heavy atom. The quantitative estimate of drug-likeness (QED) is 0.555. The topological polar surface area (TPSA) is 102 Å². The second kappa shape index (κ2) is 5.66. The van der Waals surface area contributed by atoms with E-state index in [0.717, 1.165) is 34.8 Å². The van der Waals surface area contributed by atoms with Crippen molar-refractivity contribution in [1.82, 2.24) is 15.1 Å². The van der Waals surface area contributed by atoms with Crippen molar-refractivity contribution < 1.29 is 4.52 Å². The number of aryl methyl sites for hydroxylation is 2. The van der Waals surface area contributed by atoms with E-state index in [1.165, 1.54) is 6.33 Å². The van der Waals surface area contributed by atoms with Crippen LogP contribution < -0.4 is 16.6 Å². The van der Waals surface area contributed by atoms with Gasteiger partial charge in [0.25, 0.3) is 0 Å². The van der Waals surface area contributed by atoms with Crippen molar-refractivity contribution in [1.29, 1.82) is 0 Å². The van der Waals surface area contributed by atoms with Crippen LogP contribution in [0.15, 0.2) is 10.9 Å². The molecule has 102 valence electrons. The third-order valence-electron chi connectivity index (χ3n) is 3.05. The molecule has 0 spiro atoms. The summed E-state index contributed by atoms with van der Waals surface area (Å²) in [6.45, 7) is 6.45. The standard InChI is InChI=1S/C12H18N6O/c1-4-9-11(15-6-16-12(9)17-13)14-5-10-7(2)18-19-8(10)3/h6H,4-5,13H2,1-3H3,(H2,14,15,16,17). The van der Waals surface area contributed by atoms with Gasteiger partial charge in [-0.15, -0.1) is 0 Å². The average molecular weight is 262 g/mol. The molecule has 0 atom stereocenters. The first-order valence-corrected chi connectivity index (χ1v) is 6.13. The molecule has 0 aliphatic carbocycles. The van der Waals surface area contributed by atoms with Crippen LogP contribution in [-0.4, -0.2) is 15.1 Å². The molecule has 0 saturated heterocycles.